The molecule has 23 heavy (non-hydrogen) atoms. The molecule has 1 aliphatic rings. The Hall–Kier alpha value is -2.54. The lowest BCUT2D eigenvalue weighted by Gasteiger charge is -2.05. The van der Waals surface area contributed by atoms with Crippen LogP contribution in [0.3, 0.4) is 0 Å². The third-order valence-corrected chi connectivity index (χ3v) is 5.02. The summed E-state index contributed by atoms with van der Waals surface area (Å²) in [6, 6.07) is 12.3. The second kappa shape index (κ2) is 5.92. The third kappa shape index (κ3) is 2.87. The molecule has 1 N–H and O–H groups in total. The maximum atomic E-state index is 12.4. The van der Waals surface area contributed by atoms with Crippen LogP contribution in [0, 0.1) is 5.92 Å². The van der Waals surface area contributed by atoms with Crippen molar-refractivity contribution in [3.8, 4) is 5.69 Å². The van der Waals surface area contributed by atoms with Crippen molar-refractivity contribution in [2.45, 2.75) is 12.3 Å². The summed E-state index contributed by atoms with van der Waals surface area (Å²) in [6.07, 6.45) is 2.62. The van der Waals surface area contributed by atoms with Crippen LogP contribution in [-0.4, -0.2) is 32.7 Å². The van der Waals surface area contributed by atoms with Crippen LogP contribution >= 0.6 is 11.3 Å². The van der Waals surface area contributed by atoms with Crippen molar-refractivity contribution < 1.29 is 4.79 Å². The summed E-state index contributed by atoms with van der Waals surface area (Å²) >= 11 is 1.40. The van der Waals surface area contributed by atoms with Gasteiger partial charge in [0.1, 0.15) is 11.2 Å². The van der Waals surface area contributed by atoms with Crippen molar-refractivity contribution in [2.75, 3.05) is 6.54 Å². The molecule has 116 valence electrons. The number of amides is 1. The molecule has 4 rings (SSSR count). The van der Waals surface area contributed by atoms with E-state index in [1.165, 1.54) is 27.9 Å². The molecule has 1 amide bonds. The van der Waals surface area contributed by atoms with Crippen LogP contribution in [0.5, 0.6) is 0 Å². The highest BCUT2D eigenvalue weighted by molar-refractivity contribution is 7.12. The minimum atomic E-state index is -0.0655. The Morgan fingerprint density at radius 2 is 2.17 bits per heavy atom. The first kappa shape index (κ1) is 14.1. The molecule has 2 atom stereocenters. The molecule has 0 unspecified atom stereocenters. The molecule has 3 aromatic rings. The van der Waals surface area contributed by atoms with E-state index >= 15 is 0 Å². The molecule has 7 heteroatoms. The highest BCUT2D eigenvalue weighted by Gasteiger charge is 2.38. The second-order valence-electron chi connectivity index (χ2n) is 5.61. The Kier molecular flexibility index (Phi) is 3.63. The Morgan fingerprint density at radius 3 is 2.96 bits per heavy atom. The highest BCUT2D eigenvalue weighted by atomic mass is 32.1. The average Bonchev–Trinajstić information content (AvgIpc) is 2.99. The fourth-order valence-corrected chi connectivity index (χ4v) is 3.60. The highest BCUT2D eigenvalue weighted by Crippen LogP contribution is 2.46. The lowest BCUT2D eigenvalue weighted by atomic mass is 10.1. The minimum Gasteiger partial charge on any atom is -0.351 e. The van der Waals surface area contributed by atoms with Gasteiger partial charge in [0.25, 0.3) is 5.91 Å². The summed E-state index contributed by atoms with van der Waals surface area (Å²) in [5.74, 6) is 1.03. The first-order valence-electron chi connectivity index (χ1n) is 7.47. The number of hydrogen-bond acceptors (Lipinski definition) is 5. The van der Waals surface area contributed by atoms with Gasteiger partial charge < -0.3 is 5.32 Å². The van der Waals surface area contributed by atoms with Gasteiger partial charge in [0, 0.05) is 6.54 Å². The zero-order chi connectivity index (χ0) is 15.6. The van der Waals surface area contributed by atoms with Crippen molar-refractivity contribution >= 4 is 17.2 Å². The van der Waals surface area contributed by atoms with Gasteiger partial charge in [-0.3, -0.25) is 4.79 Å². The summed E-state index contributed by atoms with van der Waals surface area (Å²) in [5, 5.41) is 16.0. The van der Waals surface area contributed by atoms with E-state index in [1.807, 2.05) is 17.5 Å². The minimum absolute atomic E-state index is 0.0655. The molecule has 0 saturated heterocycles. The summed E-state index contributed by atoms with van der Waals surface area (Å²) in [4.78, 5) is 13.0. The SMILES string of the molecule is O=C(NC[C@@H]1C[C@H]1c1ccccc1)c1sccc1-n1cnnn1. The second-order valence-corrected chi connectivity index (χ2v) is 6.53. The van der Waals surface area contributed by atoms with E-state index in [-0.39, 0.29) is 5.91 Å². The molecule has 1 aromatic carbocycles. The number of carbonyl (C=O) groups excluding carboxylic acids is 1. The van der Waals surface area contributed by atoms with Crippen molar-refractivity contribution in [3.63, 3.8) is 0 Å². The molecule has 0 radical (unpaired) electrons. The maximum Gasteiger partial charge on any atom is 0.263 e. The monoisotopic (exact) mass is 325 g/mol. The van der Waals surface area contributed by atoms with Crippen molar-refractivity contribution in [1.82, 2.24) is 25.5 Å². The summed E-state index contributed by atoms with van der Waals surface area (Å²) in [6.45, 7) is 0.700. The zero-order valence-corrected chi connectivity index (χ0v) is 13.1. The normalized spacial score (nSPS) is 19.5. The van der Waals surface area contributed by atoms with E-state index in [9.17, 15) is 4.79 Å². The van der Waals surface area contributed by atoms with Crippen LogP contribution in [0.15, 0.2) is 48.1 Å². The zero-order valence-electron chi connectivity index (χ0n) is 12.3. The largest absolute Gasteiger partial charge is 0.351 e. The van der Waals surface area contributed by atoms with Gasteiger partial charge in [-0.05, 0) is 45.7 Å². The van der Waals surface area contributed by atoms with Gasteiger partial charge in [0.05, 0.1) is 5.69 Å². The predicted molar refractivity (Wildman–Crippen MR) is 86.7 cm³/mol. The standard InChI is InChI=1S/C16H15N5OS/c22-16(15-14(6-7-23-15)21-10-18-19-20-21)17-9-12-8-13(12)11-4-2-1-3-5-11/h1-7,10,12-13H,8-9H2,(H,17,22)/t12-,13-/m0/s1. The number of nitrogens with zero attached hydrogens (tertiary/aromatic N) is 4. The van der Waals surface area contributed by atoms with Gasteiger partial charge in [-0.1, -0.05) is 30.3 Å². The molecule has 2 heterocycles. The molecule has 6 nitrogen and oxygen atoms in total. The number of nitrogens with one attached hydrogen (secondary N) is 1. The fraction of sp³-hybridized carbons (Fsp3) is 0.250. The van der Waals surface area contributed by atoms with E-state index in [1.54, 1.807) is 0 Å². The van der Waals surface area contributed by atoms with Crippen LogP contribution in [0.1, 0.15) is 27.6 Å². The Bertz CT molecular complexity index is 799. The smallest absolute Gasteiger partial charge is 0.263 e. The van der Waals surface area contributed by atoms with Gasteiger partial charge >= 0.3 is 0 Å². The lowest BCUT2D eigenvalue weighted by Crippen LogP contribution is -2.26. The average molecular weight is 325 g/mol. The van der Waals surface area contributed by atoms with Gasteiger partial charge in [0.15, 0.2) is 0 Å². The van der Waals surface area contributed by atoms with Gasteiger partial charge in [-0.2, -0.15) is 4.68 Å². The molecule has 0 aliphatic heterocycles. The number of rotatable bonds is 5. The number of benzene rings is 1. The van der Waals surface area contributed by atoms with Crippen molar-refractivity contribution in [1.29, 1.82) is 0 Å². The van der Waals surface area contributed by atoms with E-state index in [0.717, 1.165) is 6.42 Å². The quantitative estimate of drug-likeness (QED) is 0.781. The topological polar surface area (TPSA) is 72.7 Å². The van der Waals surface area contributed by atoms with Gasteiger partial charge in [-0.25, -0.2) is 0 Å². The van der Waals surface area contributed by atoms with Crippen LogP contribution < -0.4 is 5.32 Å². The number of thiophene rings is 1. The van der Waals surface area contributed by atoms with Crippen LogP contribution in [0.25, 0.3) is 5.69 Å². The first-order valence-corrected chi connectivity index (χ1v) is 8.35. The first-order chi connectivity index (χ1) is 11.3. The maximum absolute atomic E-state index is 12.4. The number of tetrazole rings is 1. The van der Waals surface area contributed by atoms with E-state index in [4.69, 9.17) is 0 Å². The molecule has 2 aromatic heterocycles. The molecule has 1 saturated carbocycles. The summed E-state index contributed by atoms with van der Waals surface area (Å²) in [5.41, 5.74) is 2.07. The van der Waals surface area contributed by atoms with Crippen LogP contribution in [0.2, 0.25) is 0 Å². The van der Waals surface area contributed by atoms with Crippen LogP contribution in [0.4, 0.5) is 0 Å². The molecule has 0 bridgehead atoms. The van der Waals surface area contributed by atoms with Crippen LogP contribution in [-0.2, 0) is 0 Å². The molecular formula is C16H15N5OS. The number of hydrogen-bond donors (Lipinski definition) is 1. The molecule has 1 aliphatic carbocycles. The Labute approximate surface area is 137 Å². The van der Waals surface area contributed by atoms with Gasteiger partial charge in [-0.15, -0.1) is 16.4 Å². The number of aromatic nitrogens is 4. The van der Waals surface area contributed by atoms with Crippen molar-refractivity contribution in [2.24, 2.45) is 5.92 Å². The van der Waals surface area contributed by atoms with Crippen molar-refractivity contribution in [3.05, 3.63) is 58.5 Å². The van der Waals surface area contributed by atoms with E-state index in [0.29, 0.717) is 28.9 Å². The van der Waals surface area contributed by atoms with E-state index in [2.05, 4.69) is 45.1 Å². The summed E-state index contributed by atoms with van der Waals surface area (Å²) in [7, 11) is 0. The number of carbonyl (C=O) groups is 1. The lowest BCUT2D eigenvalue weighted by molar-refractivity contribution is 0.0955. The Morgan fingerprint density at radius 1 is 1.30 bits per heavy atom. The summed E-state index contributed by atoms with van der Waals surface area (Å²) < 4.78 is 1.51. The van der Waals surface area contributed by atoms with Gasteiger partial charge in [0.2, 0.25) is 0 Å². The fourth-order valence-electron chi connectivity index (χ4n) is 2.81. The van der Waals surface area contributed by atoms with E-state index < -0.39 is 0 Å². The Balaban J connectivity index is 1.38. The third-order valence-electron chi connectivity index (χ3n) is 4.12. The predicted octanol–water partition coefficient (Wildman–Crippen LogP) is 2.26. The molecular weight excluding hydrogens is 310 g/mol. The molecule has 1 fully saturated rings. The molecule has 0 spiro atoms.